The van der Waals surface area contributed by atoms with Crippen molar-refractivity contribution in [1.29, 1.82) is 0 Å². The van der Waals surface area contributed by atoms with Gasteiger partial charge in [0, 0.05) is 17.1 Å². The van der Waals surface area contributed by atoms with Gasteiger partial charge in [-0.25, -0.2) is 9.78 Å². The molecule has 0 saturated heterocycles. The van der Waals surface area contributed by atoms with E-state index in [2.05, 4.69) is 0 Å². The quantitative estimate of drug-likeness (QED) is 0.300. The molecule has 8 nitrogen and oxygen atoms in total. The van der Waals surface area contributed by atoms with Gasteiger partial charge < -0.3 is 15.7 Å². The van der Waals surface area contributed by atoms with Crippen LogP contribution in [-0.2, 0) is 16.9 Å². The first-order valence-electron chi connectivity index (χ1n) is 12.8. The number of benzene rings is 3. The van der Waals surface area contributed by atoms with Crippen LogP contribution in [0.1, 0.15) is 47.1 Å². The molecule has 1 unspecified atom stereocenters. The zero-order valence-corrected chi connectivity index (χ0v) is 22.7. The third-order valence-electron chi connectivity index (χ3n) is 6.93. The number of carbonyl (C=O) groups excluding carboxylic acids is 1. The molecule has 4 aromatic rings. The molecule has 0 saturated carbocycles. The van der Waals surface area contributed by atoms with Crippen LogP contribution in [0.3, 0.4) is 0 Å². The van der Waals surface area contributed by atoms with Gasteiger partial charge in [-0.1, -0.05) is 66.6 Å². The SMILES string of the molecule is CCC(C(=O)O)(c1nc2cc(Cl)ccc2c(=O)n1Cc1ccccc1)N(CCCN)C(=O)c1ccc(C)cc1. The number of amides is 1. The summed E-state index contributed by atoms with van der Waals surface area (Å²) in [5.41, 5.74) is 5.75. The molecule has 0 bridgehead atoms. The van der Waals surface area contributed by atoms with Crippen LogP contribution < -0.4 is 11.3 Å². The van der Waals surface area contributed by atoms with Gasteiger partial charge in [-0.2, -0.15) is 0 Å². The van der Waals surface area contributed by atoms with Crippen molar-refractivity contribution < 1.29 is 14.7 Å². The summed E-state index contributed by atoms with van der Waals surface area (Å²) in [6.45, 7) is 3.94. The molecule has 0 aliphatic rings. The summed E-state index contributed by atoms with van der Waals surface area (Å²) in [7, 11) is 0. The van der Waals surface area contributed by atoms with Gasteiger partial charge in [0.15, 0.2) is 5.54 Å². The Morgan fingerprint density at radius 3 is 2.38 bits per heavy atom. The normalized spacial score (nSPS) is 12.7. The van der Waals surface area contributed by atoms with E-state index in [0.717, 1.165) is 11.1 Å². The predicted molar refractivity (Wildman–Crippen MR) is 152 cm³/mol. The van der Waals surface area contributed by atoms with Gasteiger partial charge in [0.25, 0.3) is 11.5 Å². The second-order valence-electron chi connectivity index (χ2n) is 9.46. The third-order valence-corrected chi connectivity index (χ3v) is 7.16. The van der Waals surface area contributed by atoms with Crippen molar-refractivity contribution in [2.45, 2.75) is 38.8 Å². The number of carboxylic acids is 1. The van der Waals surface area contributed by atoms with E-state index in [9.17, 15) is 19.5 Å². The molecule has 0 aliphatic heterocycles. The minimum atomic E-state index is -1.97. The van der Waals surface area contributed by atoms with Crippen LogP contribution in [0.15, 0.2) is 77.6 Å². The summed E-state index contributed by atoms with van der Waals surface area (Å²) in [5, 5.41) is 11.5. The van der Waals surface area contributed by atoms with Crippen LogP contribution in [0.2, 0.25) is 5.02 Å². The zero-order valence-electron chi connectivity index (χ0n) is 21.9. The number of hydrogen-bond acceptors (Lipinski definition) is 5. The maximum absolute atomic E-state index is 14.0. The number of hydrogen-bond donors (Lipinski definition) is 2. The average molecular weight is 547 g/mol. The Balaban J connectivity index is 2.05. The van der Waals surface area contributed by atoms with Gasteiger partial charge in [-0.05, 0) is 62.2 Å². The zero-order chi connectivity index (χ0) is 28.2. The van der Waals surface area contributed by atoms with Gasteiger partial charge in [-0.3, -0.25) is 14.2 Å². The molecule has 1 heterocycles. The van der Waals surface area contributed by atoms with Crippen molar-refractivity contribution in [3.8, 4) is 0 Å². The monoisotopic (exact) mass is 546 g/mol. The number of aliphatic carboxylic acids is 1. The number of carbonyl (C=O) groups is 2. The number of fused-ring (bicyclic) bond motifs is 1. The first-order chi connectivity index (χ1) is 18.7. The highest BCUT2D eigenvalue weighted by molar-refractivity contribution is 6.31. The first-order valence-corrected chi connectivity index (χ1v) is 13.2. The molecule has 4 rings (SSSR count). The minimum absolute atomic E-state index is 0.0430. The Morgan fingerprint density at radius 1 is 1.08 bits per heavy atom. The molecular formula is C30H31ClN4O4. The van der Waals surface area contributed by atoms with E-state index in [1.54, 1.807) is 43.3 Å². The third kappa shape index (κ3) is 5.44. The fourth-order valence-electron chi connectivity index (χ4n) is 4.82. The second kappa shape index (κ2) is 11.8. The number of nitrogens with two attached hydrogens (primary N) is 1. The Morgan fingerprint density at radius 2 is 1.77 bits per heavy atom. The molecular weight excluding hydrogens is 516 g/mol. The number of carboxylic acid groups (broad SMARTS) is 1. The lowest BCUT2D eigenvalue weighted by molar-refractivity contribution is -0.152. The van der Waals surface area contributed by atoms with Crippen LogP contribution in [0.25, 0.3) is 10.9 Å². The molecule has 1 atom stereocenters. The number of aryl methyl sites for hydroxylation is 1. The Hall–Kier alpha value is -4.01. The molecule has 3 N–H and O–H groups in total. The van der Waals surface area contributed by atoms with Crippen molar-refractivity contribution in [2.24, 2.45) is 5.73 Å². The highest BCUT2D eigenvalue weighted by Gasteiger charge is 2.50. The van der Waals surface area contributed by atoms with E-state index in [4.69, 9.17) is 22.3 Å². The Labute approximate surface area is 231 Å². The van der Waals surface area contributed by atoms with Crippen molar-refractivity contribution in [1.82, 2.24) is 14.5 Å². The fraction of sp³-hybridized carbons (Fsp3) is 0.267. The number of rotatable bonds is 10. The van der Waals surface area contributed by atoms with E-state index in [1.165, 1.54) is 15.5 Å². The average Bonchev–Trinajstić information content (AvgIpc) is 2.93. The fourth-order valence-corrected chi connectivity index (χ4v) is 4.99. The van der Waals surface area contributed by atoms with E-state index < -0.39 is 23.0 Å². The van der Waals surface area contributed by atoms with Gasteiger partial charge in [0.05, 0.1) is 17.4 Å². The second-order valence-corrected chi connectivity index (χ2v) is 9.89. The van der Waals surface area contributed by atoms with Crippen LogP contribution in [0.5, 0.6) is 0 Å². The van der Waals surface area contributed by atoms with Crippen LogP contribution in [0, 0.1) is 6.92 Å². The lowest BCUT2D eigenvalue weighted by Gasteiger charge is -2.40. The summed E-state index contributed by atoms with van der Waals surface area (Å²) in [6, 6.07) is 20.9. The number of halogens is 1. The van der Waals surface area contributed by atoms with Gasteiger partial charge in [-0.15, -0.1) is 0 Å². The van der Waals surface area contributed by atoms with E-state index >= 15 is 0 Å². The van der Waals surface area contributed by atoms with Crippen molar-refractivity contribution >= 4 is 34.4 Å². The molecule has 0 fully saturated rings. The number of aromatic nitrogens is 2. The predicted octanol–water partition coefficient (Wildman–Crippen LogP) is 4.59. The van der Waals surface area contributed by atoms with E-state index in [1.807, 2.05) is 37.3 Å². The summed E-state index contributed by atoms with van der Waals surface area (Å²) in [4.78, 5) is 47.3. The van der Waals surface area contributed by atoms with E-state index in [-0.39, 0.29) is 37.4 Å². The molecule has 202 valence electrons. The largest absolute Gasteiger partial charge is 0.479 e. The standard InChI is InChI=1S/C30H31ClN4O4/c1-3-30(29(38)39,35(17-7-16-32)26(36)22-12-10-20(2)11-13-22)28-33-25-18-23(31)14-15-24(25)27(37)34(28)19-21-8-5-4-6-9-21/h4-6,8-15,18H,3,7,16-17,19,32H2,1-2H3,(H,38,39). The summed E-state index contributed by atoms with van der Waals surface area (Å²) in [6.07, 6.45) is 0.312. The van der Waals surface area contributed by atoms with Crippen LogP contribution >= 0.6 is 11.6 Å². The summed E-state index contributed by atoms with van der Waals surface area (Å²) in [5.74, 6) is -1.82. The van der Waals surface area contributed by atoms with Gasteiger partial charge >= 0.3 is 5.97 Å². The highest BCUT2D eigenvalue weighted by atomic mass is 35.5. The summed E-state index contributed by atoms with van der Waals surface area (Å²) >= 11 is 6.23. The Kier molecular flexibility index (Phi) is 8.47. The molecule has 9 heteroatoms. The molecule has 1 aromatic heterocycles. The maximum atomic E-state index is 14.0. The molecule has 0 aliphatic carbocycles. The van der Waals surface area contributed by atoms with Crippen LogP contribution in [-0.4, -0.2) is 44.5 Å². The molecule has 0 spiro atoms. The molecule has 39 heavy (non-hydrogen) atoms. The smallest absolute Gasteiger partial charge is 0.337 e. The molecule has 0 radical (unpaired) electrons. The van der Waals surface area contributed by atoms with Gasteiger partial charge in [0.1, 0.15) is 5.82 Å². The molecule has 1 amide bonds. The lowest BCUT2D eigenvalue weighted by Crippen LogP contribution is -2.57. The van der Waals surface area contributed by atoms with Gasteiger partial charge in [0.2, 0.25) is 0 Å². The highest BCUT2D eigenvalue weighted by Crippen LogP contribution is 2.34. The van der Waals surface area contributed by atoms with Crippen molar-refractivity contribution in [3.05, 3.63) is 111 Å². The number of nitrogens with zero attached hydrogens (tertiary/aromatic N) is 3. The lowest BCUT2D eigenvalue weighted by atomic mass is 9.90. The van der Waals surface area contributed by atoms with Crippen LogP contribution in [0.4, 0.5) is 0 Å². The Bertz CT molecular complexity index is 1550. The first kappa shape index (κ1) is 28.0. The van der Waals surface area contributed by atoms with Crippen molar-refractivity contribution in [2.75, 3.05) is 13.1 Å². The minimum Gasteiger partial charge on any atom is -0.479 e. The molecule has 3 aromatic carbocycles. The maximum Gasteiger partial charge on any atom is 0.337 e. The summed E-state index contributed by atoms with van der Waals surface area (Å²) < 4.78 is 1.36. The van der Waals surface area contributed by atoms with E-state index in [0.29, 0.717) is 22.4 Å². The topological polar surface area (TPSA) is 119 Å². The van der Waals surface area contributed by atoms with Crippen molar-refractivity contribution in [3.63, 3.8) is 0 Å².